The number of benzene rings is 1. The van der Waals surface area contributed by atoms with Gasteiger partial charge in [-0.1, -0.05) is 11.6 Å². The lowest BCUT2D eigenvalue weighted by atomic mass is 10.0. The van der Waals surface area contributed by atoms with E-state index in [-0.39, 0.29) is 34.3 Å². The van der Waals surface area contributed by atoms with Gasteiger partial charge in [0.1, 0.15) is 30.3 Å². The number of rotatable bonds is 3. The highest BCUT2D eigenvalue weighted by atomic mass is 35.5. The molecule has 0 radical (unpaired) electrons. The Balaban J connectivity index is 1.76. The van der Waals surface area contributed by atoms with Gasteiger partial charge in [-0.3, -0.25) is 4.99 Å². The summed E-state index contributed by atoms with van der Waals surface area (Å²) in [6.07, 6.45) is 0.251. The second-order valence-electron chi connectivity index (χ2n) is 7.40. The molecular weight excluding hydrogens is 477 g/mol. The summed E-state index contributed by atoms with van der Waals surface area (Å²) in [5.74, 6) is 0.963. The van der Waals surface area contributed by atoms with Crippen molar-refractivity contribution in [2.24, 2.45) is 4.99 Å². The van der Waals surface area contributed by atoms with Crippen LogP contribution in [0.3, 0.4) is 0 Å². The highest BCUT2D eigenvalue weighted by Crippen LogP contribution is 2.40. The molecule has 0 unspecified atom stereocenters. The van der Waals surface area contributed by atoms with Crippen LogP contribution in [0.4, 0.5) is 19.0 Å². The van der Waals surface area contributed by atoms with Crippen molar-refractivity contribution in [3.05, 3.63) is 68.5 Å². The van der Waals surface area contributed by atoms with Crippen molar-refractivity contribution in [1.29, 1.82) is 0 Å². The van der Waals surface area contributed by atoms with Gasteiger partial charge in [-0.25, -0.2) is 9.36 Å². The molecule has 2 aromatic heterocycles. The summed E-state index contributed by atoms with van der Waals surface area (Å²) >= 11 is 8.02. The molecule has 0 fully saturated rings. The summed E-state index contributed by atoms with van der Waals surface area (Å²) < 4.78 is 51.5. The van der Waals surface area contributed by atoms with E-state index in [9.17, 15) is 13.2 Å². The number of anilines is 1. The van der Waals surface area contributed by atoms with Crippen LogP contribution < -0.4 is 26.4 Å². The average molecular weight is 493 g/mol. The molecule has 7 nitrogen and oxygen atoms in total. The van der Waals surface area contributed by atoms with E-state index >= 15 is 0 Å². The Kier molecular flexibility index (Phi) is 5.17. The van der Waals surface area contributed by atoms with Crippen LogP contribution in [0, 0.1) is 6.92 Å². The molecular formula is C21H16ClF3N6OS. The third-order valence-corrected chi connectivity index (χ3v) is 6.39. The first-order valence-electron chi connectivity index (χ1n) is 9.73. The molecule has 0 amide bonds. The standard InChI is InChI=1S/C21H16ClF3N6OS/c1-10-6-13(21(23,24)25)17(30-19(10)26)12-7-14-15-18(16(12)22)27-9-28-20(15)31(4-5-32-14)8-11-2-3-29-33-11/h2-7,28H,8-9H2,1H3,(H2,26,30). The van der Waals surface area contributed by atoms with Crippen molar-refractivity contribution in [3.63, 3.8) is 0 Å². The third-order valence-electron chi connectivity index (χ3n) is 5.28. The SMILES string of the molecule is Cc1cc(C(F)(F)F)c(-c2cc3c4c(c2Cl)=NCNC=4N(Cc2ccns2)C=CO3)nc1N. The van der Waals surface area contributed by atoms with Crippen molar-refractivity contribution in [3.8, 4) is 17.0 Å². The molecule has 0 bridgehead atoms. The number of nitrogen functional groups attached to an aromatic ring is 1. The number of nitrogens with zero attached hydrogens (tertiary/aromatic N) is 4. The molecule has 2 aliphatic rings. The minimum atomic E-state index is -4.66. The van der Waals surface area contributed by atoms with Gasteiger partial charge in [0.15, 0.2) is 0 Å². The van der Waals surface area contributed by atoms with Gasteiger partial charge >= 0.3 is 6.18 Å². The molecule has 0 spiro atoms. The van der Waals surface area contributed by atoms with E-state index in [1.807, 2.05) is 11.0 Å². The molecule has 0 saturated carbocycles. The predicted octanol–water partition coefficient (Wildman–Crippen LogP) is 3.38. The Bertz CT molecular complexity index is 1410. The maximum Gasteiger partial charge on any atom is 0.418 e. The number of nitrogens with two attached hydrogens (primary N) is 1. The number of hydrogen-bond acceptors (Lipinski definition) is 8. The molecule has 5 rings (SSSR count). The zero-order valence-electron chi connectivity index (χ0n) is 17.1. The van der Waals surface area contributed by atoms with Gasteiger partial charge in [0, 0.05) is 22.8 Å². The first kappa shape index (κ1) is 21.5. The Labute approximate surface area is 194 Å². The van der Waals surface area contributed by atoms with E-state index in [0.29, 0.717) is 28.7 Å². The molecule has 4 heterocycles. The van der Waals surface area contributed by atoms with Gasteiger partial charge in [0.25, 0.3) is 0 Å². The smallest absolute Gasteiger partial charge is 0.418 e. The number of halogens is 4. The fraction of sp³-hybridized carbons (Fsp3) is 0.190. The summed E-state index contributed by atoms with van der Waals surface area (Å²) in [7, 11) is 0. The zero-order chi connectivity index (χ0) is 23.3. The lowest BCUT2D eigenvalue weighted by Crippen LogP contribution is -2.43. The number of aryl methyl sites for hydroxylation is 1. The van der Waals surface area contributed by atoms with Crippen molar-refractivity contribution in [2.45, 2.75) is 19.6 Å². The molecule has 3 aromatic rings. The molecule has 12 heteroatoms. The van der Waals surface area contributed by atoms with Crippen LogP contribution in [0.5, 0.6) is 5.75 Å². The first-order chi connectivity index (χ1) is 15.7. The maximum absolute atomic E-state index is 13.9. The Hall–Kier alpha value is -3.31. The quantitative estimate of drug-likeness (QED) is 0.583. The van der Waals surface area contributed by atoms with Gasteiger partial charge < -0.3 is 20.7 Å². The Morgan fingerprint density at radius 1 is 1.33 bits per heavy atom. The monoisotopic (exact) mass is 492 g/mol. The van der Waals surface area contributed by atoms with Crippen molar-refractivity contribution in [1.82, 2.24) is 19.6 Å². The van der Waals surface area contributed by atoms with E-state index < -0.39 is 11.7 Å². The number of alkyl halides is 3. The Morgan fingerprint density at radius 3 is 2.88 bits per heavy atom. The molecule has 0 aliphatic carbocycles. The molecule has 0 atom stereocenters. The highest BCUT2D eigenvalue weighted by molar-refractivity contribution is 7.05. The Morgan fingerprint density at radius 2 is 2.15 bits per heavy atom. The van der Waals surface area contributed by atoms with Gasteiger partial charge in [0.05, 0.1) is 33.4 Å². The highest BCUT2D eigenvalue weighted by Gasteiger charge is 2.36. The normalized spacial score (nSPS) is 14.8. The van der Waals surface area contributed by atoms with E-state index in [1.54, 1.807) is 12.4 Å². The van der Waals surface area contributed by atoms with Crippen molar-refractivity contribution >= 4 is 34.8 Å². The van der Waals surface area contributed by atoms with Gasteiger partial charge in [-0.15, -0.1) is 0 Å². The fourth-order valence-electron chi connectivity index (χ4n) is 3.71. The predicted molar refractivity (Wildman–Crippen MR) is 118 cm³/mol. The van der Waals surface area contributed by atoms with Crippen molar-refractivity contribution in [2.75, 3.05) is 12.4 Å². The summed E-state index contributed by atoms with van der Waals surface area (Å²) in [6.45, 7) is 2.17. The molecule has 0 saturated heterocycles. The molecule has 170 valence electrons. The van der Waals surface area contributed by atoms with Crippen LogP contribution in [-0.2, 0) is 12.7 Å². The number of pyridine rings is 1. The van der Waals surface area contributed by atoms with Crippen molar-refractivity contribution < 1.29 is 17.9 Å². The summed E-state index contributed by atoms with van der Waals surface area (Å²) in [5, 5.41) is 4.13. The van der Waals surface area contributed by atoms with Gasteiger partial charge in [-0.2, -0.15) is 13.2 Å². The van der Waals surface area contributed by atoms with Crippen LogP contribution in [0.2, 0.25) is 5.02 Å². The van der Waals surface area contributed by atoms with Gasteiger partial charge in [-0.05, 0) is 42.2 Å². The number of nitrogens with one attached hydrogen (secondary N) is 1. The summed E-state index contributed by atoms with van der Waals surface area (Å²) in [5.41, 5.74) is 4.82. The fourth-order valence-corrected chi connectivity index (χ4v) is 4.59. The topological polar surface area (TPSA) is 88.7 Å². The molecule has 33 heavy (non-hydrogen) atoms. The molecule has 2 aliphatic heterocycles. The number of aromatic nitrogens is 2. The molecule has 1 aromatic carbocycles. The van der Waals surface area contributed by atoms with Crippen LogP contribution in [0.25, 0.3) is 17.1 Å². The lowest BCUT2D eigenvalue weighted by molar-refractivity contribution is -0.137. The molecule has 3 N–H and O–H groups in total. The minimum Gasteiger partial charge on any atom is -0.463 e. The summed E-state index contributed by atoms with van der Waals surface area (Å²) in [6, 6.07) is 4.32. The second kappa shape index (κ2) is 7.92. The lowest BCUT2D eigenvalue weighted by Gasteiger charge is -2.25. The van der Waals surface area contributed by atoms with E-state index in [1.165, 1.54) is 30.8 Å². The van der Waals surface area contributed by atoms with Crippen LogP contribution in [-0.4, -0.2) is 20.9 Å². The maximum atomic E-state index is 13.9. The van der Waals surface area contributed by atoms with E-state index in [4.69, 9.17) is 22.1 Å². The largest absolute Gasteiger partial charge is 0.463 e. The first-order valence-corrected chi connectivity index (χ1v) is 10.9. The van der Waals surface area contributed by atoms with E-state index in [2.05, 4.69) is 19.7 Å². The number of hydrogen-bond donors (Lipinski definition) is 2. The van der Waals surface area contributed by atoms with Crippen LogP contribution in [0.15, 0.2) is 41.9 Å². The summed E-state index contributed by atoms with van der Waals surface area (Å²) in [4.78, 5) is 11.4. The third kappa shape index (κ3) is 3.76. The minimum absolute atomic E-state index is 0.0138. The zero-order valence-corrected chi connectivity index (χ0v) is 18.6. The average Bonchev–Trinajstić information content (AvgIpc) is 3.22. The van der Waals surface area contributed by atoms with Crippen LogP contribution >= 0.6 is 23.1 Å². The van der Waals surface area contributed by atoms with E-state index in [0.717, 1.165) is 10.9 Å². The second-order valence-corrected chi connectivity index (χ2v) is 8.69. The van der Waals surface area contributed by atoms with Gasteiger partial charge in [0.2, 0.25) is 0 Å². The van der Waals surface area contributed by atoms with Crippen LogP contribution in [0.1, 0.15) is 16.0 Å². The number of ether oxygens (including phenoxy) is 1.